The van der Waals surface area contributed by atoms with Gasteiger partial charge in [-0.2, -0.15) is 0 Å². The number of nitrogens with zero attached hydrogens (tertiary/aromatic N) is 2. The van der Waals surface area contributed by atoms with Crippen molar-refractivity contribution in [1.82, 2.24) is 9.13 Å². The van der Waals surface area contributed by atoms with E-state index < -0.39 is 8.07 Å². The quantitative estimate of drug-likeness (QED) is 0.121. The van der Waals surface area contributed by atoms with Crippen molar-refractivity contribution in [2.75, 3.05) is 0 Å². The lowest BCUT2D eigenvalue weighted by molar-refractivity contribution is 0.0818. The molecule has 3 aliphatic rings. The molecule has 2 nitrogen and oxygen atoms in total. The van der Waals surface area contributed by atoms with Gasteiger partial charge in [0.2, 0.25) is 0 Å². The first-order valence-corrected chi connectivity index (χ1v) is 21.5. The van der Waals surface area contributed by atoms with Crippen LogP contribution in [0.2, 0.25) is 0 Å². The predicted molar refractivity (Wildman–Crippen MR) is 227 cm³/mol. The normalized spacial score (nSPS) is 18.8. The molecule has 12 rings (SSSR count). The van der Waals surface area contributed by atoms with Crippen LogP contribution in [-0.2, 0) is 5.54 Å². The fourth-order valence-electron chi connectivity index (χ4n) is 10.7. The lowest BCUT2D eigenvalue weighted by Gasteiger charge is -2.48. The van der Waals surface area contributed by atoms with Crippen LogP contribution in [0.3, 0.4) is 0 Å². The molecule has 53 heavy (non-hydrogen) atoms. The zero-order valence-corrected chi connectivity index (χ0v) is 31.0. The summed E-state index contributed by atoms with van der Waals surface area (Å²) in [6.45, 7) is 0. The molecule has 3 fully saturated rings. The van der Waals surface area contributed by atoms with Gasteiger partial charge in [0.05, 0.1) is 11.0 Å². The topological polar surface area (TPSA) is 9.86 Å². The first kappa shape index (κ1) is 30.9. The van der Waals surface area contributed by atoms with Crippen molar-refractivity contribution in [2.24, 2.45) is 5.92 Å². The van der Waals surface area contributed by atoms with E-state index in [1.54, 1.807) is 0 Å². The molecule has 0 saturated heterocycles. The molecule has 3 aliphatic carbocycles. The summed E-state index contributed by atoms with van der Waals surface area (Å²) in [7, 11) is -2.67. The average Bonchev–Trinajstić information content (AvgIpc) is 3.76. The van der Waals surface area contributed by atoms with E-state index in [9.17, 15) is 0 Å². The molecule has 9 aromatic rings. The number of para-hydroxylation sites is 2. The summed E-state index contributed by atoms with van der Waals surface area (Å²) >= 11 is 0. The highest BCUT2D eigenvalue weighted by atomic mass is 28.3. The largest absolute Gasteiger partial charge is 0.334 e. The second-order valence-electron chi connectivity index (χ2n) is 15.7. The van der Waals surface area contributed by atoms with Crippen LogP contribution >= 0.6 is 0 Å². The summed E-state index contributed by atoms with van der Waals surface area (Å²) in [4.78, 5) is 0. The Hall–Kier alpha value is -5.64. The summed E-state index contributed by atoms with van der Waals surface area (Å²) < 4.78 is 5.29. The highest BCUT2D eigenvalue weighted by molar-refractivity contribution is 7.20. The fourth-order valence-corrected chi connectivity index (χ4v) is 15.5. The minimum Gasteiger partial charge on any atom is -0.334 e. The van der Waals surface area contributed by atoms with Crippen molar-refractivity contribution in [3.8, 4) is 5.69 Å². The Bertz CT molecular complexity index is 2680. The van der Waals surface area contributed by atoms with Crippen LogP contribution in [0, 0.1) is 5.92 Å². The van der Waals surface area contributed by atoms with Crippen molar-refractivity contribution in [3.63, 3.8) is 0 Å². The monoisotopic (exact) mass is 698 g/mol. The third-order valence-electron chi connectivity index (χ3n) is 13.2. The predicted octanol–water partition coefficient (Wildman–Crippen LogP) is 9.95. The molecule has 0 unspecified atom stereocenters. The van der Waals surface area contributed by atoms with Crippen molar-refractivity contribution < 1.29 is 0 Å². The smallest absolute Gasteiger partial charge is 0.179 e. The molecule has 2 heterocycles. The summed E-state index contributed by atoms with van der Waals surface area (Å²) in [5, 5.41) is 10.9. The Kier molecular flexibility index (Phi) is 6.97. The van der Waals surface area contributed by atoms with E-state index in [-0.39, 0.29) is 5.54 Å². The SMILES string of the molecule is c1ccc([Si](c2ccccc2)(c2ccccc2)c2ccc3c(c2)c2ccccc2n3-c2ccc3c(c2)c2ccccc2n3C23CCC(CC2)CC3)cc1. The number of hydrogen-bond donors (Lipinski definition) is 0. The summed E-state index contributed by atoms with van der Waals surface area (Å²) in [5.41, 5.74) is 6.76. The van der Waals surface area contributed by atoms with E-state index in [2.05, 4.69) is 185 Å². The molecule has 3 heteroatoms. The Balaban J connectivity index is 1.16. The van der Waals surface area contributed by atoms with Gasteiger partial charge in [0.25, 0.3) is 0 Å². The highest BCUT2D eigenvalue weighted by Crippen LogP contribution is 2.52. The molecule has 7 aromatic carbocycles. The number of benzene rings is 7. The third-order valence-corrected chi connectivity index (χ3v) is 17.9. The van der Waals surface area contributed by atoms with E-state index in [0.29, 0.717) is 0 Å². The van der Waals surface area contributed by atoms with Gasteiger partial charge >= 0.3 is 0 Å². The maximum absolute atomic E-state index is 2.77. The van der Waals surface area contributed by atoms with Crippen molar-refractivity contribution >= 4 is 72.4 Å². The van der Waals surface area contributed by atoms with Gasteiger partial charge in [-0.25, -0.2) is 0 Å². The fraction of sp³-hybridized carbons (Fsp3) is 0.160. The molecule has 2 bridgehead atoms. The van der Waals surface area contributed by atoms with Crippen LogP contribution in [0.25, 0.3) is 49.3 Å². The molecule has 3 saturated carbocycles. The van der Waals surface area contributed by atoms with E-state index in [1.807, 2.05) is 0 Å². The third kappa shape index (κ3) is 4.50. The number of fused-ring (bicyclic) bond motifs is 9. The van der Waals surface area contributed by atoms with Crippen molar-refractivity contribution in [1.29, 1.82) is 0 Å². The average molecular weight is 699 g/mol. The van der Waals surface area contributed by atoms with Crippen LogP contribution in [-0.4, -0.2) is 17.2 Å². The summed E-state index contributed by atoms with van der Waals surface area (Å²) in [6.07, 6.45) is 8.04. The van der Waals surface area contributed by atoms with Gasteiger partial charge in [0.1, 0.15) is 0 Å². The van der Waals surface area contributed by atoms with Gasteiger partial charge in [-0.1, -0.05) is 140 Å². The number of aromatic nitrogens is 2. The minimum atomic E-state index is -2.67. The highest BCUT2D eigenvalue weighted by Gasteiger charge is 2.44. The first-order chi connectivity index (χ1) is 26.2. The lowest BCUT2D eigenvalue weighted by atomic mass is 9.65. The van der Waals surface area contributed by atoms with Gasteiger partial charge in [-0.3, -0.25) is 0 Å². The summed E-state index contributed by atoms with van der Waals surface area (Å²) in [6, 6.07) is 66.7. The Labute approximate surface area is 312 Å². The van der Waals surface area contributed by atoms with Gasteiger partial charge in [-0.15, -0.1) is 0 Å². The molecule has 2 aromatic heterocycles. The second kappa shape index (κ2) is 11.9. The molecule has 0 spiro atoms. The molecule has 0 aliphatic heterocycles. The summed E-state index contributed by atoms with van der Waals surface area (Å²) in [5.74, 6) is 0.938. The minimum absolute atomic E-state index is 0.244. The zero-order valence-electron chi connectivity index (χ0n) is 30.0. The van der Waals surface area contributed by atoms with Crippen LogP contribution < -0.4 is 20.7 Å². The van der Waals surface area contributed by atoms with Crippen LogP contribution in [0.15, 0.2) is 176 Å². The van der Waals surface area contributed by atoms with E-state index in [1.165, 1.54) is 109 Å². The Morgan fingerprint density at radius 2 is 0.849 bits per heavy atom. The Morgan fingerprint density at radius 3 is 1.45 bits per heavy atom. The first-order valence-electron chi connectivity index (χ1n) is 19.5. The van der Waals surface area contributed by atoms with Crippen LogP contribution in [0.5, 0.6) is 0 Å². The van der Waals surface area contributed by atoms with E-state index in [0.717, 1.165) is 5.92 Å². The van der Waals surface area contributed by atoms with Gasteiger partial charge in [0.15, 0.2) is 8.07 Å². The van der Waals surface area contributed by atoms with Gasteiger partial charge in [-0.05, 0) is 102 Å². The lowest BCUT2D eigenvalue weighted by Crippen LogP contribution is -2.74. The van der Waals surface area contributed by atoms with Gasteiger partial charge in [0, 0.05) is 43.8 Å². The van der Waals surface area contributed by atoms with Crippen LogP contribution in [0.1, 0.15) is 38.5 Å². The zero-order chi connectivity index (χ0) is 35.0. The number of hydrogen-bond acceptors (Lipinski definition) is 0. The van der Waals surface area contributed by atoms with Crippen molar-refractivity contribution in [3.05, 3.63) is 176 Å². The van der Waals surface area contributed by atoms with E-state index in [4.69, 9.17) is 0 Å². The molecule has 256 valence electrons. The molecule has 0 N–H and O–H groups in total. The second-order valence-corrected chi connectivity index (χ2v) is 19.5. The van der Waals surface area contributed by atoms with Crippen molar-refractivity contribution in [2.45, 2.75) is 44.1 Å². The molecular formula is C50H42N2Si. The maximum Gasteiger partial charge on any atom is 0.179 e. The molecule has 0 atom stereocenters. The Morgan fingerprint density at radius 1 is 0.396 bits per heavy atom. The maximum atomic E-state index is 2.77. The molecule has 0 radical (unpaired) electrons. The van der Waals surface area contributed by atoms with Crippen LogP contribution in [0.4, 0.5) is 0 Å². The van der Waals surface area contributed by atoms with E-state index >= 15 is 0 Å². The standard InChI is InChI=1S/C50H42N2Si/c1-4-14-38(15-5-1)53(39-16-6-2-7-17-39,40-18-8-3-9-19-40)41-25-27-47-45(35-41)42-20-10-12-22-46(42)51(47)37-24-26-49-44(34-37)43-21-11-13-23-48(43)52(49)50-31-28-36(29-32-50)30-33-50/h1-27,34-36H,28-33H2. The number of rotatable bonds is 6. The van der Waals surface area contributed by atoms with Gasteiger partial charge < -0.3 is 9.13 Å². The molecule has 0 amide bonds. The molecular weight excluding hydrogens is 657 g/mol.